The van der Waals surface area contributed by atoms with E-state index in [2.05, 4.69) is 11.0 Å². The van der Waals surface area contributed by atoms with Crippen molar-refractivity contribution >= 4 is 22.3 Å². The van der Waals surface area contributed by atoms with Gasteiger partial charge in [-0.15, -0.1) is 11.3 Å². The van der Waals surface area contributed by atoms with E-state index in [1.807, 2.05) is 25.4 Å². The Balaban J connectivity index is 2.56. The summed E-state index contributed by atoms with van der Waals surface area (Å²) in [4.78, 5) is 13.5. The number of ether oxygens (including phenoxy) is 1. The average molecular weight is 227 g/mol. The molecule has 84 valence electrons. The molecule has 0 N–H and O–H groups in total. The monoisotopic (exact) mass is 227 g/mol. The molecule has 1 unspecified atom stereocenters. The topological polar surface area (TPSA) is 29.5 Å². The number of carbonyl (C=O) groups is 1. The van der Waals surface area contributed by atoms with E-state index in [4.69, 9.17) is 4.74 Å². The zero-order chi connectivity index (χ0) is 11.3. The molecule has 1 aromatic heterocycles. The lowest BCUT2D eigenvalue weighted by Gasteiger charge is -2.21. The first-order valence-corrected chi connectivity index (χ1v) is 5.89. The Morgan fingerprint density at radius 1 is 1.67 bits per heavy atom. The van der Waals surface area contributed by atoms with E-state index in [9.17, 15) is 4.79 Å². The summed E-state index contributed by atoms with van der Waals surface area (Å²) >= 11 is 1.68. The Labute approximate surface area is 94.7 Å². The Hall–Kier alpha value is -1.03. The lowest BCUT2D eigenvalue weighted by atomic mass is 10.1. The molecule has 1 rings (SSSR count). The standard InChI is InChI=1S/C11H17NO2S/c1-4-9(11(13)14-3)8-12(2)10-6-5-7-15-10/h5-7,9H,4,8H2,1-3H3. The van der Waals surface area contributed by atoms with E-state index in [1.165, 1.54) is 12.1 Å². The first-order chi connectivity index (χ1) is 7.19. The van der Waals surface area contributed by atoms with Crippen LogP contribution in [0.15, 0.2) is 17.5 Å². The van der Waals surface area contributed by atoms with Gasteiger partial charge < -0.3 is 9.64 Å². The van der Waals surface area contributed by atoms with E-state index in [-0.39, 0.29) is 11.9 Å². The largest absolute Gasteiger partial charge is 0.469 e. The quantitative estimate of drug-likeness (QED) is 0.723. The van der Waals surface area contributed by atoms with Crippen LogP contribution in [0.4, 0.5) is 5.00 Å². The zero-order valence-electron chi connectivity index (χ0n) is 9.40. The fourth-order valence-corrected chi connectivity index (χ4v) is 2.15. The molecule has 0 bridgehead atoms. The Morgan fingerprint density at radius 2 is 2.40 bits per heavy atom. The Morgan fingerprint density at radius 3 is 2.87 bits per heavy atom. The fourth-order valence-electron chi connectivity index (χ4n) is 1.44. The molecular weight excluding hydrogens is 210 g/mol. The molecule has 1 atom stereocenters. The van der Waals surface area contributed by atoms with E-state index < -0.39 is 0 Å². The summed E-state index contributed by atoms with van der Waals surface area (Å²) in [7, 11) is 3.44. The molecule has 3 nitrogen and oxygen atoms in total. The molecule has 0 aliphatic heterocycles. The zero-order valence-corrected chi connectivity index (χ0v) is 10.2. The van der Waals surface area contributed by atoms with Gasteiger partial charge in [0.25, 0.3) is 0 Å². The minimum atomic E-state index is -0.124. The van der Waals surface area contributed by atoms with Crippen molar-refractivity contribution in [1.29, 1.82) is 0 Å². The molecule has 0 aliphatic rings. The summed E-state index contributed by atoms with van der Waals surface area (Å²) in [6.45, 7) is 2.72. The number of rotatable bonds is 5. The van der Waals surface area contributed by atoms with Crippen LogP contribution in [0.3, 0.4) is 0 Å². The highest BCUT2D eigenvalue weighted by molar-refractivity contribution is 7.14. The molecule has 0 radical (unpaired) electrons. The molecule has 15 heavy (non-hydrogen) atoms. The molecule has 0 amide bonds. The Kier molecular flexibility index (Phi) is 4.62. The SMILES string of the molecule is CCC(CN(C)c1cccs1)C(=O)OC. The average Bonchev–Trinajstić information content (AvgIpc) is 2.77. The van der Waals surface area contributed by atoms with Crippen LogP contribution in [0.2, 0.25) is 0 Å². The maximum absolute atomic E-state index is 11.4. The van der Waals surface area contributed by atoms with Gasteiger partial charge in [-0.1, -0.05) is 6.92 Å². The predicted molar refractivity (Wildman–Crippen MR) is 63.4 cm³/mol. The van der Waals surface area contributed by atoms with Crippen LogP contribution in [0.5, 0.6) is 0 Å². The predicted octanol–water partition coefficient (Wildman–Crippen LogP) is 2.38. The molecule has 4 heteroatoms. The van der Waals surface area contributed by atoms with Gasteiger partial charge in [0.15, 0.2) is 0 Å². The van der Waals surface area contributed by atoms with Gasteiger partial charge in [0.2, 0.25) is 0 Å². The second-order valence-corrected chi connectivity index (χ2v) is 4.39. The minimum Gasteiger partial charge on any atom is -0.469 e. The van der Waals surface area contributed by atoms with E-state index >= 15 is 0 Å². The molecule has 1 aromatic rings. The third kappa shape index (κ3) is 3.23. The summed E-state index contributed by atoms with van der Waals surface area (Å²) in [5.41, 5.74) is 0. The second kappa shape index (κ2) is 5.75. The third-order valence-corrected chi connectivity index (χ3v) is 3.39. The van der Waals surface area contributed by atoms with Crippen LogP contribution in [0, 0.1) is 5.92 Å². The summed E-state index contributed by atoms with van der Waals surface area (Å²) in [5, 5.41) is 3.21. The van der Waals surface area contributed by atoms with Crippen LogP contribution in [-0.2, 0) is 9.53 Å². The minimum absolute atomic E-state index is 0.0397. The number of hydrogen-bond donors (Lipinski definition) is 0. The molecule has 1 heterocycles. The van der Waals surface area contributed by atoms with Crippen molar-refractivity contribution in [1.82, 2.24) is 0 Å². The molecule has 0 aliphatic carbocycles. The van der Waals surface area contributed by atoms with Crippen molar-refractivity contribution in [2.45, 2.75) is 13.3 Å². The Bertz CT molecular complexity index is 298. The summed E-state index contributed by atoms with van der Waals surface area (Å²) in [5.74, 6) is -0.164. The van der Waals surface area contributed by atoms with Gasteiger partial charge in [-0.25, -0.2) is 0 Å². The van der Waals surface area contributed by atoms with Gasteiger partial charge in [0.1, 0.15) is 0 Å². The van der Waals surface area contributed by atoms with E-state index in [0.29, 0.717) is 6.54 Å². The number of esters is 1. The van der Waals surface area contributed by atoms with Crippen molar-refractivity contribution in [3.63, 3.8) is 0 Å². The molecule has 0 saturated heterocycles. The molecule has 0 spiro atoms. The van der Waals surface area contributed by atoms with Crippen LogP contribution < -0.4 is 4.90 Å². The summed E-state index contributed by atoms with van der Waals surface area (Å²) in [6, 6.07) is 4.06. The van der Waals surface area contributed by atoms with Gasteiger partial charge >= 0.3 is 5.97 Å². The lowest BCUT2D eigenvalue weighted by Crippen LogP contribution is -2.30. The smallest absolute Gasteiger partial charge is 0.310 e. The fraction of sp³-hybridized carbons (Fsp3) is 0.545. The number of nitrogens with zero attached hydrogens (tertiary/aromatic N) is 1. The van der Waals surface area contributed by atoms with Gasteiger partial charge in [-0.3, -0.25) is 4.79 Å². The van der Waals surface area contributed by atoms with E-state index in [0.717, 1.165) is 6.42 Å². The summed E-state index contributed by atoms with van der Waals surface area (Å²) < 4.78 is 4.76. The number of hydrogen-bond acceptors (Lipinski definition) is 4. The molecule has 0 aromatic carbocycles. The van der Waals surface area contributed by atoms with Crippen LogP contribution in [0.1, 0.15) is 13.3 Å². The van der Waals surface area contributed by atoms with Gasteiger partial charge in [0, 0.05) is 13.6 Å². The van der Waals surface area contributed by atoms with Crippen molar-refractivity contribution in [2.75, 3.05) is 25.6 Å². The maximum atomic E-state index is 11.4. The van der Waals surface area contributed by atoms with Gasteiger partial charge in [-0.05, 0) is 23.9 Å². The third-order valence-electron chi connectivity index (χ3n) is 2.40. The number of carbonyl (C=O) groups excluding carboxylic acids is 1. The molecular formula is C11H17NO2S. The number of methoxy groups -OCH3 is 1. The van der Waals surface area contributed by atoms with Gasteiger partial charge in [-0.2, -0.15) is 0 Å². The first-order valence-electron chi connectivity index (χ1n) is 5.01. The van der Waals surface area contributed by atoms with Crippen molar-refractivity contribution in [2.24, 2.45) is 5.92 Å². The summed E-state index contributed by atoms with van der Waals surface area (Å²) in [6.07, 6.45) is 0.808. The molecule has 0 saturated carbocycles. The second-order valence-electron chi connectivity index (χ2n) is 3.46. The van der Waals surface area contributed by atoms with E-state index in [1.54, 1.807) is 11.3 Å². The highest BCUT2D eigenvalue weighted by Crippen LogP contribution is 2.21. The number of anilines is 1. The van der Waals surface area contributed by atoms with Crippen LogP contribution in [0.25, 0.3) is 0 Å². The number of thiophene rings is 1. The van der Waals surface area contributed by atoms with Crippen LogP contribution >= 0.6 is 11.3 Å². The normalized spacial score (nSPS) is 12.2. The molecule has 0 fully saturated rings. The van der Waals surface area contributed by atoms with Crippen molar-refractivity contribution < 1.29 is 9.53 Å². The van der Waals surface area contributed by atoms with Gasteiger partial charge in [0.05, 0.1) is 18.0 Å². The van der Waals surface area contributed by atoms with Crippen molar-refractivity contribution in [3.05, 3.63) is 17.5 Å². The van der Waals surface area contributed by atoms with Crippen LogP contribution in [-0.4, -0.2) is 26.7 Å². The first kappa shape index (κ1) is 12.0. The maximum Gasteiger partial charge on any atom is 0.310 e. The van der Waals surface area contributed by atoms with Crippen molar-refractivity contribution in [3.8, 4) is 0 Å². The lowest BCUT2D eigenvalue weighted by molar-refractivity contribution is -0.145. The highest BCUT2D eigenvalue weighted by Gasteiger charge is 2.19. The highest BCUT2D eigenvalue weighted by atomic mass is 32.1.